The van der Waals surface area contributed by atoms with E-state index >= 15 is 0 Å². The first-order valence-corrected chi connectivity index (χ1v) is 10.4. The molecule has 0 saturated heterocycles. The van der Waals surface area contributed by atoms with E-state index < -0.39 is 0 Å². The number of rotatable bonds is 8. The summed E-state index contributed by atoms with van der Waals surface area (Å²) in [5, 5.41) is 2.88. The van der Waals surface area contributed by atoms with Crippen LogP contribution in [0.3, 0.4) is 0 Å². The predicted octanol–water partition coefficient (Wildman–Crippen LogP) is 5.88. The van der Waals surface area contributed by atoms with Crippen molar-refractivity contribution in [1.82, 2.24) is 0 Å². The molecule has 3 nitrogen and oxygen atoms in total. The lowest BCUT2D eigenvalue weighted by atomic mass is 9.99. The third kappa shape index (κ3) is 6.03. The number of carbonyl (C=O) groups excluding carboxylic acids is 2. The molecular weight excluding hydrogens is 385 g/mol. The zero-order chi connectivity index (χ0) is 20.6. The lowest BCUT2D eigenvalue weighted by Gasteiger charge is -2.12. The number of anilines is 1. The van der Waals surface area contributed by atoms with E-state index in [0.29, 0.717) is 29.7 Å². The van der Waals surface area contributed by atoms with E-state index in [1.54, 1.807) is 48.2 Å². The van der Waals surface area contributed by atoms with Crippen LogP contribution in [0.15, 0.2) is 77.7 Å². The summed E-state index contributed by atoms with van der Waals surface area (Å²) in [6.07, 6.45) is 1.03. The van der Waals surface area contributed by atoms with Crippen LogP contribution in [-0.4, -0.2) is 17.4 Å². The monoisotopic (exact) mass is 407 g/mol. The van der Waals surface area contributed by atoms with Crippen molar-refractivity contribution < 1.29 is 14.0 Å². The average Bonchev–Trinajstić information content (AvgIpc) is 2.74. The Balaban J connectivity index is 1.58. The van der Waals surface area contributed by atoms with Crippen molar-refractivity contribution in [1.29, 1.82) is 0 Å². The molecule has 1 N–H and O–H groups in total. The molecule has 3 aromatic carbocycles. The molecule has 0 aliphatic carbocycles. The molecule has 0 unspecified atom stereocenters. The van der Waals surface area contributed by atoms with Gasteiger partial charge in [-0.15, -0.1) is 11.8 Å². The Morgan fingerprint density at radius 2 is 1.69 bits per heavy atom. The van der Waals surface area contributed by atoms with E-state index in [1.165, 1.54) is 12.1 Å². The lowest BCUT2D eigenvalue weighted by Crippen LogP contribution is -2.15. The SMILES string of the molecule is Cc1ccc(NC(=O)CCCSc2ccc(F)cc2)c(C(=O)c2ccccc2)c1. The van der Waals surface area contributed by atoms with Gasteiger partial charge >= 0.3 is 0 Å². The minimum absolute atomic E-state index is 0.114. The topological polar surface area (TPSA) is 46.2 Å². The minimum Gasteiger partial charge on any atom is -0.325 e. The number of halogens is 1. The van der Waals surface area contributed by atoms with Gasteiger partial charge in [0.25, 0.3) is 0 Å². The van der Waals surface area contributed by atoms with Gasteiger partial charge in [-0.05, 0) is 55.5 Å². The molecule has 5 heteroatoms. The fourth-order valence-electron chi connectivity index (χ4n) is 2.87. The van der Waals surface area contributed by atoms with Crippen LogP contribution in [-0.2, 0) is 4.79 Å². The first-order chi connectivity index (χ1) is 14.0. The number of hydrogen-bond donors (Lipinski definition) is 1. The van der Waals surface area contributed by atoms with E-state index in [0.717, 1.165) is 16.2 Å². The highest BCUT2D eigenvalue weighted by Crippen LogP contribution is 2.23. The molecule has 0 saturated carbocycles. The molecule has 3 rings (SSSR count). The Morgan fingerprint density at radius 3 is 2.41 bits per heavy atom. The van der Waals surface area contributed by atoms with Crippen molar-refractivity contribution in [3.05, 3.63) is 95.3 Å². The first-order valence-electron chi connectivity index (χ1n) is 9.41. The standard InChI is InChI=1S/C24H22FNO2S/c1-17-9-14-22(21(16-17)24(28)18-6-3-2-4-7-18)26-23(27)8-5-15-29-20-12-10-19(25)11-13-20/h2-4,6-7,9-14,16H,5,8,15H2,1H3,(H,26,27). The van der Waals surface area contributed by atoms with Crippen molar-refractivity contribution in [2.24, 2.45) is 0 Å². The van der Waals surface area contributed by atoms with E-state index in [1.807, 2.05) is 31.2 Å². The molecule has 3 aromatic rings. The molecule has 0 aromatic heterocycles. The summed E-state index contributed by atoms with van der Waals surface area (Å²) in [6, 6.07) is 20.8. The molecule has 0 fully saturated rings. The number of aryl methyl sites for hydroxylation is 1. The van der Waals surface area contributed by atoms with Crippen LogP contribution in [0, 0.1) is 12.7 Å². The first kappa shape index (κ1) is 20.8. The average molecular weight is 408 g/mol. The quantitative estimate of drug-likeness (QED) is 0.288. The van der Waals surface area contributed by atoms with E-state index in [9.17, 15) is 14.0 Å². The van der Waals surface area contributed by atoms with Crippen LogP contribution >= 0.6 is 11.8 Å². The second-order valence-corrected chi connectivity index (χ2v) is 7.87. The molecule has 0 aliphatic rings. The number of benzene rings is 3. The van der Waals surface area contributed by atoms with Gasteiger partial charge in [0, 0.05) is 22.4 Å². The highest BCUT2D eigenvalue weighted by Gasteiger charge is 2.15. The molecule has 0 heterocycles. The van der Waals surface area contributed by atoms with Crippen molar-refractivity contribution in [3.63, 3.8) is 0 Å². The zero-order valence-electron chi connectivity index (χ0n) is 16.2. The molecule has 0 spiro atoms. The molecule has 1 amide bonds. The van der Waals surface area contributed by atoms with Gasteiger partial charge in [0.15, 0.2) is 5.78 Å². The second-order valence-electron chi connectivity index (χ2n) is 6.70. The van der Waals surface area contributed by atoms with E-state index in [4.69, 9.17) is 0 Å². The van der Waals surface area contributed by atoms with Gasteiger partial charge in [-0.1, -0.05) is 42.0 Å². The van der Waals surface area contributed by atoms with Crippen molar-refractivity contribution in [3.8, 4) is 0 Å². The molecule has 0 bridgehead atoms. The van der Waals surface area contributed by atoms with Gasteiger partial charge in [0.1, 0.15) is 5.82 Å². The van der Waals surface area contributed by atoms with E-state index in [2.05, 4.69) is 5.32 Å². The molecule has 0 radical (unpaired) electrons. The predicted molar refractivity (Wildman–Crippen MR) is 116 cm³/mol. The molecular formula is C24H22FNO2S. The maximum absolute atomic E-state index is 12.9. The maximum atomic E-state index is 12.9. The van der Waals surface area contributed by atoms with Gasteiger partial charge in [0.2, 0.25) is 5.91 Å². The summed E-state index contributed by atoms with van der Waals surface area (Å²) in [5.74, 6) is 0.253. The number of amides is 1. The smallest absolute Gasteiger partial charge is 0.224 e. The van der Waals surface area contributed by atoms with Crippen LogP contribution in [0.5, 0.6) is 0 Å². The van der Waals surface area contributed by atoms with Crippen molar-refractivity contribution in [2.75, 3.05) is 11.1 Å². The largest absolute Gasteiger partial charge is 0.325 e. The van der Waals surface area contributed by atoms with Gasteiger partial charge in [-0.2, -0.15) is 0 Å². The second kappa shape index (κ2) is 10.0. The Hall–Kier alpha value is -2.92. The Bertz CT molecular complexity index is 988. The fourth-order valence-corrected chi connectivity index (χ4v) is 3.72. The summed E-state index contributed by atoms with van der Waals surface area (Å²) < 4.78 is 12.9. The van der Waals surface area contributed by atoms with Gasteiger partial charge in [-0.3, -0.25) is 9.59 Å². The summed E-state index contributed by atoms with van der Waals surface area (Å²) in [4.78, 5) is 26.2. The Kier molecular flexibility index (Phi) is 7.19. The third-order valence-electron chi connectivity index (χ3n) is 4.36. The maximum Gasteiger partial charge on any atom is 0.224 e. The number of nitrogens with one attached hydrogen (secondary N) is 1. The van der Waals surface area contributed by atoms with Gasteiger partial charge in [-0.25, -0.2) is 4.39 Å². The number of carbonyl (C=O) groups is 2. The number of ketones is 1. The minimum atomic E-state index is -0.257. The molecule has 0 atom stereocenters. The van der Waals surface area contributed by atoms with Crippen molar-refractivity contribution in [2.45, 2.75) is 24.7 Å². The zero-order valence-corrected chi connectivity index (χ0v) is 17.0. The van der Waals surface area contributed by atoms with Crippen LogP contribution in [0.25, 0.3) is 0 Å². The normalized spacial score (nSPS) is 10.6. The van der Waals surface area contributed by atoms with Crippen LogP contribution in [0.2, 0.25) is 0 Å². The summed E-state index contributed by atoms with van der Waals surface area (Å²) in [6.45, 7) is 1.92. The Labute approximate surface area is 174 Å². The molecule has 148 valence electrons. The number of hydrogen-bond acceptors (Lipinski definition) is 3. The van der Waals surface area contributed by atoms with Crippen LogP contribution < -0.4 is 5.32 Å². The molecule has 0 aliphatic heterocycles. The summed E-state index contributed by atoms with van der Waals surface area (Å²) >= 11 is 1.58. The van der Waals surface area contributed by atoms with Gasteiger partial charge in [0.05, 0.1) is 5.69 Å². The lowest BCUT2D eigenvalue weighted by molar-refractivity contribution is -0.116. The highest BCUT2D eigenvalue weighted by molar-refractivity contribution is 7.99. The summed E-state index contributed by atoms with van der Waals surface area (Å²) in [5.41, 5.74) is 2.56. The molecule has 29 heavy (non-hydrogen) atoms. The van der Waals surface area contributed by atoms with Crippen LogP contribution in [0.4, 0.5) is 10.1 Å². The third-order valence-corrected chi connectivity index (χ3v) is 5.46. The van der Waals surface area contributed by atoms with E-state index in [-0.39, 0.29) is 17.5 Å². The highest BCUT2D eigenvalue weighted by atomic mass is 32.2. The van der Waals surface area contributed by atoms with Crippen molar-refractivity contribution >= 4 is 29.1 Å². The number of thioether (sulfide) groups is 1. The fraction of sp³-hybridized carbons (Fsp3) is 0.167. The summed E-state index contributed by atoms with van der Waals surface area (Å²) in [7, 11) is 0. The Morgan fingerprint density at radius 1 is 0.966 bits per heavy atom. The van der Waals surface area contributed by atoms with Crippen LogP contribution in [0.1, 0.15) is 34.3 Å². The van der Waals surface area contributed by atoms with Gasteiger partial charge < -0.3 is 5.32 Å².